The maximum atomic E-state index is 13.5. The van der Waals surface area contributed by atoms with Crippen LogP contribution < -0.4 is 0 Å². The molecule has 0 N–H and O–H groups in total. The highest BCUT2D eigenvalue weighted by Gasteiger charge is 2.62. The standard InChI is InChI=1S/C30H42N4O3.ClH/c1-20(2)34-29(37)31(3)28(36)30(34)15-24-13-14-25(16-30)33(24)18-23-17-32(27(35)22-11-7-8-12-22)19-26(23)21-9-5-4-6-10-21;/h4-6,9-10,20,22-26H,7-8,11-19H2,1-3H3;1H/t23-,24?,25?,26-,30?;/m1./s1. The van der Waals surface area contributed by atoms with Crippen LogP contribution in [0.2, 0.25) is 0 Å². The SMILES string of the molecule is CC(C)N1C(=O)N(C)C(=O)C12CC1CCC(C2)N1C[C@H]1CN(C(=O)C2CCCC2)C[C@@H]1c1ccccc1.Cl. The molecular formula is C30H43ClN4O3. The molecule has 38 heavy (non-hydrogen) atoms. The van der Waals surface area contributed by atoms with Crippen molar-refractivity contribution in [2.45, 2.75) is 94.8 Å². The maximum absolute atomic E-state index is 13.5. The molecular weight excluding hydrogens is 500 g/mol. The molecule has 0 aromatic heterocycles. The molecule has 6 rings (SSSR count). The van der Waals surface area contributed by atoms with Crippen LogP contribution in [0.1, 0.15) is 76.7 Å². The summed E-state index contributed by atoms with van der Waals surface area (Å²) in [5.74, 6) is 1.29. The highest BCUT2D eigenvalue weighted by Crippen LogP contribution is 2.49. The monoisotopic (exact) mass is 542 g/mol. The summed E-state index contributed by atoms with van der Waals surface area (Å²) in [4.78, 5) is 47.9. The Hall–Kier alpha value is -2.12. The molecule has 4 saturated heterocycles. The number of likely N-dealkylation sites (N-methyl/N-ethyl adjacent to an activating group) is 1. The van der Waals surface area contributed by atoms with Crippen LogP contribution in [0.25, 0.3) is 0 Å². The van der Waals surface area contributed by atoms with Gasteiger partial charge in [-0.05, 0) is 63.9 Å². The number of fused-ring (bicyclic) bond motifs is 2. The quantitative estimate of drug-likeness (QED) is 0.514. The maximum Gasteiger partial charge on any atom is 0.327 e. The van der Waals surface area contributed by atoms with Gasteiger partial charge in [0.25, 0.3) is 5.91 Å². The number of halogens is 1. The molecule has 5 fully saturated rings. The van der Waals surface area contributed by atoms with Crippen molar-refractivity contribution in [3.8, 4) is 0 Å². The predicted octanol–water partition coefficient (Wildman–Crippen LogP) is 4.51. The van der Waals surface area contributed by atoms with Gasteiger partial charge in [-0.2, -0.15) is 0 Å². The van der Waals surface area contributed by atoms with Gasteiger partial charge in [-0.25, -0.2) is 4.79 Å². The lowest BCUT2D eigenvalue weighted by Gasteiger charge is -2.48. The Morgan fingerprint density at radius 2 is 1.61 bits per heavy atom. The van der Waals surface area contributed by atoms with E-state index in [4.69, 9.17) is 0 Å². The van der Waals surface area contributed by atoms with E-state index < -0.39 is 5.54 Å². The smallest absolute Gasteiger partial charge is 0.327 e. The number of carbonyl (C=O) groups excluding carboxylic acids is 3. The first kappa shape index (κ1) is 27.4. The first-order valence-corrected chi connectivity index (χ1v) is 14.5. The number of nitrogens with zero attached hydrogens (tertiary/aromatic N) is 4. The van der Waals surface area contributed by atoms with Crippen LogP contribution in [0.3, 0.4) is 0 Å². The molecule has 4 amide bonds. The van der Waals surface area contributed by atoms with E-state index in [1.54, 1.807) is 7.05 Å². The zero-order valence-corrected chi connectivity index (χ0v) is 23.9. The third-order valence-electron chi connectivity index (χ3n) is 10.2. The van der Waals surface area contributed by atoms with Gasteiger partial charge in [0.1, 0.15) is 5.54 Å². The van der Waals surface area contributed by atoms with Crippen molar-refractivity contribution in [1.82, 2.24) is 19.6 Å². The minimum atomic E-state index is -0.693. The van der Waals surface area contributed by atoms with E-state index >= 15 is 0 Å². The number of urea groups is 1. The summed E-state index contributed by atoms with van der Waals surface area (Å²) < 4.78 is 0. The molecule has 1 saturated carbocycles. The summed E-state index contributed by atoms with van der Waals surface area (Å²) >= 11 is 0. The highest BCUT2D eigenvalue weighted by atomic mass is 35.5. The van der Waals surface area contributed by atoms with Crippen molar-refractivity contribution in [3.63, 3.8) is 0 Å². The minimum absolute atomic E-state index is 0. The van der Waals surface area contributed by atoms with E-state index in [0.717, 1.165) is 58.2 Å². The van der Waals surface area contributed by atoms with Crippen LogP contribution in [0.5, 0.6) is 0 Å². The van der Waals surface area contributed by atoms with E-state index in [2.05, 4.69) is 40.1 Å². The fourth-order valence-electron chi connectivity index (χ4n) is 8.56. The largest absolute Gasteiger partial charge is 0.341 e. The lowest BCUT2D eigenvalue weighted by atomic mass is 9.79. The van der Waals surface area contributed by atoms with Crippen molar-refractivity contribution >= 4 is 30.3 Å². The number of piperidine rings is 1. The molecule has 7 nitrogen and oxygen atoms in total. The fourth-order valence-corrected chi connectivity index (χ4v) is 8.56. The molecule has 1 aromatic carbocycles. The van der Waals surface area contributed by atoms with Gasteiger partial charge >= 0.3 is 6.03 Å². The van der Waals surface area contributed by atoms with Gasteiger partial charge in [0.2, 0.25) is 5.91 Å². The van der Waals surface area contributed by atoms with Crippen molar-refractivity contribution in [1.29, 1.82) is 0 Å². The molecule has 1 aliphatic carbocycles. The molecule has 4 aliphatic heterocycles. The van der Waals surface area contributed by atoms with Crippen LogP contribution >= 0.6 is 12.4 Å². The van der Waals surface area contributed by atoms with E-state index in [-0.39, 0.29) is 36.3 Å². The normalized spacial score (nSPS) is 33.7. The number of amides is 4. The van der Waals surface area contributed by atoms with Crippen LogP contribution in [0.15, 0.2) is 30.3 Å². The molecule has 0 radical (unpaired) electrons. The summed E-state index contributed by atoms with van der Waals surface area (Å²) in [6, 6.07) is 11.2. The van der Waals surface area contributed by atoms with Gasteiger partial charge in [0.15, 0.2) is 0 Å². The van der Waals surface area contributed by atoms with E-state index in [1.807, 2.05) is 18.7 Å². The fraction of sp³-hybridized carbons (Fsp3) is 0.700. The second kappa shape index (κ2) is 10.5. The second-order valence-corrected chi connectivity index (χ2v) is 12.6. The van der Waals surface area contributed by atoms with E-state index in [9.17, 15) is 14.4 Å². The third-order valence-corrected chi connectivity index (χ3v) is 10.2. The number of rotatable bonds is 5. The first-order valence-electron chi connectivity index (χ1n) is 14.5. The van der Waals surface area contributed by atoms with Gasteiger partial charge in [-0.15, -0.1) is 12.4 Å². The number of carbonyl (C=O) groups is 3. The Morgan fingerprint density at radius 3 is 2.21 bits per heavy atom. The summed E-state index contributed by atoms with van der Waals surface area (Å²) in [7, 11) is 1.64. The zero-order valence-electron chi connectivity index (χ0n) is 23.1. The summed E-state index contributed by atoms with van der Waals surface area (Å²) in [5, 5.41) is 0. The predicted molar refractivity (Wildman–Crippen MR) is 149 cm³/mol. The molecule has 1 aromatic rings. The Balaban J connectivity index is 0.00000294. The molecule has 4 heterocycles. The molecule has 8 heteroatoms. The molecule has 2 bridgehead atoms. The Kier molecular flexibility index (Phi) is 7.55. The number of benzene rings is 1. The van der Waals surface area contributed by atoms with Crippen LogP contribution in [0.4, 0.5) is 4.79 Å². The number of hydrogen-bond acceptors (Lipinski definition) is 4. The van der Waals surface area contributed by atoms with Crippen molar-refractivity contribution in [2.75, 3.05) is 26.7 Å². The van der Waals surface area contributed by atoms with Crippen molar-refractivity contribution < 1.29 is 14.4 Å². The Bertz CT molecular complexity index is 1040. The summed E-state index contributed by atoms with van der Waals surface area (Å²) in [5.41, 5.74) is 0.639. The lowest BCUT2D eigenvalue weighted by Crippen LogP contribution is -2.62. The molecule has 5 aliphatic rings. The summed E-state index contributed by atoms with van der Waals surface area (Å²) in [6.45, 7) is 6.65. The highest BCUT2D eigenvalue weighted by molar-refractivity contribution is 6.07. The molecule has 2 unspecified atom stereocenters. The van der Waals surface area contributed by atoms with Gasteiger partial charge < -0.3 is 9.80 Å². The van der Waals surface area contributed by atoms with E-state index in [0.29, 0.717) is 29.8 Å². The van der Waals surface area contributed by atoms with Crippen LogP contribution in [-0.2, 0) is 9.59 Å². The third kappa shape index (κ3) is 4.34. The molecule has 208 valence electrons. The average molecular weight is 543 g/mol. The van der Waals surface area contributed by atoms with Gasteiger partial charge in [0, 0.05) is 56.6 Å². The van der Waals surface area contributed by atoms with E-state index in [1.165, 1.54) is 23.3 Å². The summed E-state index contributed by atoms with van der Waals surface area (Å²) in [6.07, 6.45) is 8.06. The van der Waals surface area contributed by atoms with Gasteiger partial charge in [-0.3, -0.25) is 19.4 Å². The topological polar surface area (TPSA) is 64.2 Å². The van der Waals surface area contributed by atoms with Crippen LogP contribution in [0, 0.1) is 11.8 Å². The molecule has 4 atom stereocenters. The Morgan fingerprint density at radius 1 is 0.974 bits per heavy atom. The van der Waals surface area contributed by atoms with Gasteiger partial charge in [-0.1, -0.05) is 43.2 Å². The molecule has 1 spiro atoms. The lowest BCUT2D eigenvalue weighted by molar-refractivity contribution is -0.137. The van der Waals surface area contributed by atoms with Crippen molar-refractivity contribution in [3.05, 3.63) is 35.9 Å². The van der Waals surface area contributed by atoms with Crippen molar-refractivity contribution in [2.24, 2.45) is 11.8 Å². The average Bonchev–Trinajstić information content (AvgIpc) is 3.65. The first-order chi connectivity index (χ1) is 17.8. The van der Waals surface area contributed by atoms with Gasteiger partial charge in [0.05, 0.1) is 0 Å². The number of imide groups is 1. The zero-order chi connectivity index (χ0) is 25.9. The number of likely N-dealkylation sites (tertiary alicyclic amines) is 1. The Labute approximate surface area is 233 Å². The van der Waals surface area contributed by atoms with Crippen LogP contribution in [-0.4, -0.2) is 87.8 Å². The minimum Gasteiger partial charge on any atom is -0.341 e. The number of hydrogen-bond donors (Lipinski definition) is 0. The second-order valence-electron chi connectivity index (χ2n) is 12.6.